The largest absolute Gasteiger partial charge is 0.509 e. The molecule has 0 spiro atoms. The predicted octanol–water partition coefficient (Wildman–Crippen LogP) is 3.72. The van der Waals surface area contributed by atoms with Crippen molar-refractivity contribution >= 4 is 24.1 Å². The predicted molar refractivity (Wildman–Crippen MR) is 133 cm³/mol. The first-order valence-electron chi connectivity index (χ1n) is 12.0. The van der Waals surface area contributed by atoms with Crippen molar-refractivity contribution in [2.75, 3.05) is 20.3 Å². The van der Waals surface area contributed by atoms with Crippen molar-refractivity contribution in [1.82, 2.24) is 0 Å². The number of epoxide rings is 1. The number of cyclic esters (lactones) is 1. The molecule has 39 heavy (non-hydrogen) atoms. The Balaban J connectivity index is 2.01. The van der Waals surface area contributed by atoms with E-state index in [1.807, 2.05) is 0 Å². The lowest BCUT2D eigenvalue weighted by Crippen LogP contribution is -2.41. The molecular weight excluding hydrogens is 516 g/mol. The fourth-order valence-electron chi connectivity index (χ4n) is 3.87. The maximum absolute atomic E-state index is 13.1. The molecule has 0 aliphatic carbocycles. The van der Waals surface area contributed by atoms with E-state index in [1.54, 1.807) is 6.92 Å². The van der Waals surface area contributed by atoms with E-state index in [0.29, 0.717) is 0 Å². The van der Waals surface area contributed by atoms with Gasteiger partial charge < -0.3 is 38.3 Å². The maximum atomic E-state index is 13.1. The second kappa shape index (κ2) is 13.5. The summed E-state index contributed by atoms with van der Waals surface area (Å²) in [6, 6.07) is 2.78. The molecule has 1 aromatic carbocycles. The molecule has 12 heteroatoms. The quantitative estimate of drug-likeness (QED) is 0.229. The van der Waals surface area contributed by atoms with Gasteiger partial charge in [0, 0.05) is 24.5 Å². The third kappa shape index (κ3) is 7.84. The highest BCUT2D eigenvalue weighted by molar-refractivity contribution is 5.96. The average Bonchev–Trinajstić information content (AvgIpc) is 3.66. The highest BCUT2D eigenvalue weighted by atomic mass is 16.8. The lowest BCUT2D eigenvalue weighted by Gasteiger charge is -2.24. The molecule has 2 heterocycles. The molecule has 1 fully saturated rings. The molecule has 0 radical (unpaired) electrons. The topological polar surface area (TPSA) is 156 Å². The summed E-state index contributed by atoms with van der Waals surface area (Å²) in [5.74, 6) is -1.64. The lowest BCUT2D eigenvalue weighted by molar-refractivity contribution is -0.132. The van der Waals surface area contributed by atoms with E-state index in [2.05, 4.69) is 13.2 Å². The monoisotopic (exact) mass is 546 g/mol. The fourth-order valence-corrected chi connectivity index (χ4v) is 3.87. The minimum absolute atomic E-state index is 0.104. The number of phenolic OH excluding ortho intramolecular Hbond substituents is 1. The van der Waals surface area contributed by atoms with Gasteiger partial charge in [-0.15, -0.1) is 0 Å². The highest BCUT2D eigenvalue weighted by Gasteiger charge is 2.48. The molecule has 5 atom stereocenters. The summed E-state index contributed by atoms with van der Waals surface area (Å²) in [6.07, 6.45) is -2.43. The van der Waals surface area contributed by atoms with Crippen molar-refractivity contribution in [3.8, 4) is 11.5 Å². The second-order valence-electron chi connectivity index (χ2n) is 8.59. The molecule has 1 saturated heterocycles. The number of benzene rings is 1. The Morgan fingerprint density at radius 1 is 1.10 bits per heavy atom. The van der Waals surface area contributed by atoms with Gasteiger partial charge in [-0.25, -0.2) is 14.4 Å². The number of rotatable bonds is 7. The van der Waals surface area contributed by atoms with E-state index in [0.717, 1.165) is 6.08 Å². The number of ether oxygens (including phenoxy) is 7. The van der Waals surface area contributed by atoms with Crippen LogP contribution in [0.5, 0.6) is 11.5 Å². The number of fused-ring (bicyclic) bond motifs is 3. The smallest absolute Gasteiger partial charge is 0.507 e. The normalized spacial score (nSPS) is 25.3. The van der Waals surface area contributed by atoms with Crippen molar-refractivity contribution in [2.45, 2.75) is 50.3 Å². The Morgan fingerprint density at radius 2 is 1.77 bits per heavy atom. The first kappa shape index (κ1) is 29.2. The minimum atomic E-state index is -1.63. The van der Waals surface area contributed by atoms with Crippen LogP contribution in [0.25, 0.3) is 0 Å². The van der Waals surface area contributed by atoms with Gasteiger partial charge in [-0.05, 0) is 19.1 Å². The second-order valence-corrected chi connectivity index (χ2v) is 8.59. The van der Waals surface area contributed by atoms with E-state index in [1.165, 1.54) is 37.5 Å². The molecule has 2 aliphatic rings. The lowest BCUT2D eigenvalue weighted by atomic mass is 9.96. The molecule has 3 rings (SSSR count). The number of ketones is 1. The highest BCUT2D eigenvalue weighted by Crippen LogP contribution is 2.47. The Bertz CT molecular complexity index is 1140. The molecular formula is C27H30O12. The summed E-state index contributed by atoms with van der Waals surface area (Å²) < 4.78 is 36.8. The summed E-state index contributed by atoms with van der Waals surface area (Å²) in [6.45, 7) is 8.15. The van der Waals surface area contributed by atoms with Gasteiger partial charge in [0.25, 0.3) is 0 Å². The van der Waals surface area contributed by atoms with Crippen molar-refractivity contribution in [3.63, 3.8) is 0 Å². The average molecular weight is 547 g/mol. The Kier molecular flexibility index (Phi) is 10.1. The van der Waals surface area contributed by atoms with Crippen LogP contribution in [-0.4, -0.2) is 73.9 Å². The van der Waals surface area contributed by atoms with Gasteiger partial charge in [-0.1, -0.05) is 31.4 Å². The molecule has 210 valence electrons. The number of carbonyl (C=O) groups is 4. The molecule has 1 N–H and O–H groups in total. The van der Waals surface area contributed by atoms with Crippen LogP contribution >= 0.6 is 0 Å². The third-order valence-electron chi connectivity index (χ3n) is 5.70. The van der Waals surface area contributed by atoms with Crippen molar-refractivity contribution in [1.29, 1.82) is 0 Å². The Hall–Kier alpha value is -4.32. The zero-order valence-corrected chi connectivity index (χ0v) is 21.5. The molecule has 1 aromatic rings. The molecule has 0 saturated carbocycles. The van der Waals surface area contributed by atoms with Crippen LogP contribution in [0.15, 0.2) is 49.6 Å². The van der Waals surface area contributed by atoms with Gasteiger partial charge >= 0.3 is 18.3 Å². The molecule has 0 amide bonds. The van der Waals surface area contributed by atoms with Gasteiger partial charge in [0.2, 0.25) is 6.10 Å². The first-order valence-corrected chi connectivity index (χ1v) is 12.0. The number of hydrogen-bond donors (Lipinski definition) is 1. The molecule has 12 nitrogen and oxygen atoms in total. The van der Waals surface area contributed by atoms with Crippen LogP contribution in [0.3, 0.4) is 0 Å². The van der Waals surface area contributed by atoms with Crippen LogP contribution in [0.2, 0.25) is 0 Å². The van der Waals surface area contributed by atoms with Gasteiger partial charge in [0.1, 0.15) is 42.5 Å². The van der Waals surface area contributed by atoms with Crippen molar-refractivity contribution in [3.05, 3.63) is 60.7 Å². The van der Waals surface area contributed by atoms with Gasteiger partial charge in [0.15, 0.2) is 11.9 Å². The zero-order valence-electron chi connectivity index (χ0n) is 21.5. The Morgan fingerprint density at radius 3 is 2.41 bits per heavy atom. The number of methoxy groups -OCH3 is 1. The minimum Gasteiger partial charge on any atom is -0.507 e. The van der Waals surface area contributed by atoms with Crippen LogP contribution in [-0.2, 0) is 33.2 Å². The fraction of sp³-hybridized carbons (Fsp3) is 0.407. The van der Waals surface area contributed by atoms with Crippen molar-refractivity contribution < 1.29 is 57.4 Å². The molecule has 2 aliphatic heterocycles. The SMILES string of the molecule is C=CCOC(=O)O[C@H]1C[C@H]2O[C@@H]2c2cc(OC)cc(O)c2C(=O)O[C@@H](C)C/C=C\C(=O)[C@H]1OC(=O)OCC=C. The van der Waals surface area contributed by atoms with Gasteiger partial charge in [-0.2, -0.15) is 0 Å². The molecule has 0 bridgehead atoms. The van der Waals surface area contributed by atoms with E-state index >= 15 is 0 Å². The zero-order chi connectivity index (χ0) is 28.5. The number of phenols is 1. The van der Waals surface area contributed by atoms with Gasteiger partial charge in [0.05, 0.1) is 13.2 Å². The van der Waals surface area contributed by atoms with E-state index < -0.39 is 54.6 Å². The van der Waals surface area contributed by atoms with E-state index in [4.69, 9.17) is 33.2 Å². The van der Waals surface area contributed by atoms with Crippen LogP contribution in [0, 0.1) is 0 Å². The van der Waals surface area contributed by atoms with Crippen LogP contribution < -0.4 is 4.74 Å². The third-order valence-corrected chi connectivity index (χ3v) is 5.70. The van der Waals surface area contributed by atoms with Crippen LogP contribution in [0.4, 0.5) is 9.59 Å². The first-order chi connectivity index (χ1) is 18.7. The number of carbonyl (C=O) groups excluding carboxylic acids is 4. The number of aromatic hydroxyl groups is 1. The number of hydrogen-bond acceptors (Lipinski definition) is 12. The van der Waals surface area contributed by atoms with Crippen molar-refractivity contribution in [2.24, 2.45) is 0 Å². The van der Waals surface area contributed by atoms with Crippen LogP contribution in [0.1, 0.15) is 41.8 Å². The maximum Gasteiger partial charge on any atom is 0.509 e. The summed E-state index contributed by atoms with van der Waals surface area (Å²) in [5.41, 5.74) is 0.153. The molecule has 0 unspecified atom stereocenters. The molecule has 0 aromatic heterocycles. The summed E-state index contributed by atoms with van der Waals surface area (Å²) >= 11 is 0. The summed E-state index contributed by atoms with van der Waals surface area (Å²) in [5, 5.41) is 10.6. The number of esters is 1. The van der Waals surface area contributed by atoms with E-state index in [9.17, 15) is 24.3 Å². The summed E-state index contributed by atoms with van der Waals surface area (Å²) in [7, 11) is 1.39. The van der Waals surface area contributed by atoms with E-state index in [-0.39, 0.29) is 48.7 Å². The summed E-state index contributed by atoms with van der Waals surface area (Å²) in [4.78, 5) is 50.7. The Labute approximate surface area is 224 Å². The standard InChI is InChI=1S/C27H30O12/c1-5-10-34-26(31)38-21-14-20-23(37-20)17-12-16(33-4)13-19(29)22(17)25(30)36-15(3)8-7-9-18(28)24(21)39-27(32)35-11-6-2/h5-7,9,12-13,15,20-21,23-24,29H,1-2,8,10-11,14H2,3-4H3/b9-7-/t15-,20+,21-,23+,24+/m0/s1. The van der Waals surface area contributed by atoms with Gasteiger partial charge in [-0.3, -0.25) is 4.79 Å².